The number of amides is 1. The van der Waals surface area contributed by atoms with Crippen LogP contribution in [0.3, 0.4) is 0 Å². The lowest BCUT2D eigenvalue weighted by atomic mass is 10.1. The van der Waals surface area contributed by atoms with Crippen LogP contribution in [0.2, 0.25) is 0 Å². The summed E-state index contributed by atoms with van der Waals surface area (Å²) in [5.41, 5.74) is 2.65. The Kier molecular flexibility index (Phi) is 5.23. The van der Waals surface area contributed by atoms with Gasteiger partial charge in [0.2, 0.25) is 0 Å². The number of pyridine rings is 1. The molecule has 1 atom stereocenters. The third-order valence-electron chi connectivity index (χ3n) is 5.04. The molecule has 1 aliphatic heterocycles. The monoisotopic (exact) mass is 459 g/mol. The van der Waals surface area contributed by atoms with Gasteiger partial charge < -0.3 is 14.9 Å². The zero-order valence-electron chi connectivity index (χ0n) is 15.7. The summed E-state index contributed by atoms with van der Waals surface area (Å²) in [4.78, 5) is 18.6. The van der Waals surface area contributed by atoms with Gasteiger partial charge in [-0.15, -0.1) is 0 Å². The van der Waals surface area contributed by atoms with Crippen molar-refractivity contribution in [2.45, 2.75) is 13.0 Å². The fourth-order valence-corrected chi connectivity index (χ4v) is 4.04. The van der Waals surface area contributed by atoms with E-state index in [4.69, 9.17) is 0 Å². The third kappa shape index (κ3) is 3.82. The molecule has 0 bridgehead atoms. The van der Waals surface area contributed by atoms with E-state index in [1.165, 1.54) is 15.6 Å². The minimum atomic E-state index is -0.923. The molecule has 1 saturated heterocycles. The van der Waals surface area contributed by atoms with Gasteiger partial charge in [-0.1, -0.05) is 0 Å². The smallest absolute Gasteiger partial charge is 0.407 e. The zero-order valence-corrected chi connectivity index (χ0v) is 17.3. The van der Waals surface area contributed by atoms with Crippen LogP contribution in [0.5, 0.6) is 0 Å². The second kappa shape index (κ2) is 7.82. The summed E-state index contributed by atoms with van der Waals surface area (Å²) in [5.74, 6) is -0.396. The fourth-order valence-electron chi connectivity index (χ4n) is 3.54. The number of nitrogens with zero attached hydrogens (tertiary/aromatic N) is 5. The number of carboxylic acid groups (broad SMARTS) is 1. The molecule has 1 unspecified atom stereocenters. The number of benzene rings is 1. The molecule has 9 heteroatoms. The Morgan fingerprint density at radius 1 is 1.24 bits per heavy atom. The Labute approximate surface area is 175 Å². The number of anilines is 1. The van der Waals surface area contributed by atoms with Crippen molar-refractivity contribution < 1.29 is 14.3 Å². The van der Waals surface area contributed by atoms with Gasteiger partial charge in [0.1, 0.15) is 11.4 Å². The van der Waals surface area contributed by atoms with E-state index < -0.39 is 11.9 Å². The number of piperazine rings is 1. The Bertz CT molecular complexity index is 1040. The average Bonchev–Trinajstić information content (AvgIpc) is 3.09. The van der Waals surface area contributed by atoms with E-state index in [-0.39, 0.29) is 6.04 Å². The molecule has 29 heavy (non-hydrogen) atoms. The molecule has 7 nitrogen and oxygen atoms in total. The van der Waals surface area contributed by atoms with Gasteiger partial charge in [-0.2, -0.15) is 5.10 Å². The molecule has 150 valence electrons. The van der Waals surface area contributed by atoms with Crippen molar-refractivity contribution in [2.75, 3.05) is 24.5 Å². The van der Waals surface area contributed by atoms with Gasteiger partial charge in [-0.05, 0) is 53.2 Å². The van der Waals surface area contributed by atoms with E-state index in [9.17, 15) is 14.3 Å². The van der Waals surface area contributed by atoms with E-state index in [0.29, 0.717) is 31.0 Å². The van der Waals surface area contributed by atoms with Crippen LogP contribution in [0, 0.1) is 5.82 Å². The first-order chi connectivity index (χ1) is 13.9. The quantitative estimate of drug-likeness (QED) is 0.639. The maximum absolute atomic E-state index is 14.9. The van der Waals surface area contributed by atoms with Crippen molar-refractivity contribution in [2.24, 2.45) is 0 Å². The van der Waals surface area contributed by atoms with Crippen molar-refractivity contribution in [3.05, 3.63) is 59.2 Å². The highest BCUT2D eigenvalue weighted by Crippen LogP contribution is 2.29. The van der Waals surface area contributed by atoms with Gasteiger partial charge in [0, 0.05) is 55.5 Å². The van der Waals surface area contributed by atoms with Gasteiger partial charge >= 0.3 is 6.09 Å². The topological polar surface area (TPSA) is 74.5 Å². The molecule has 3 aromatic rings. The van der Waals surface area contributed by atoms with Crippen LogP contribution in [-0.4, -0.2) is 56.5 Å². The molecular formula is C20H19BrFN5O2. The van der Waals surface area contributed by atoms with Crippen molar-refractivity contribution >= 4 is 27.7 Å². The van der Waals surface area contributed by atoms with E-state index in [0.717, 1.165) is 15.7 Å². The first-order valence-electron chi connectivity index (χ1n) is 9.14. The average molecular weight is 460 g/mol. The summed E-state index contributed by atoms with van der Waals surface area (Å²) in [7, 11) is 0. The zero-order chi connectivity index (χ0) is 20.5. The summed E-state index contributed by atoms with van der Waals surface area (Å²) in [6, 6.07) is 8.52. The summed E-state index contributed by atoms with van der Waals surface area (Å²) >= 11 is 3.49. The largest absolute Gasteiger partial charge is 0.465 e. The van der Waals surface area contributed by atoms with Crippen LogP contribution < -0.4 is 4.90 Å². The highest BCUT2D eigenvalue weighted by Gasteiger charge is 2.27. The molecule has 2 aromatic heterocycles. The number of hydrogen-bond donors (Lipinski definition) is 1. The van der Waals surface area contributed by atoms with Crippen LogP contribution in [0.15, 0.2) is 53.4 Å². The molecule has 1 fully saturated rings. The number of hydrogen-bond acceptors (Lipinski definition) is 4. The lowest BCUT2D eigenvalue weighted by Gasteiger charge is -2.39. The number of halogens is 2. The Hall–Kier alpha value is -2.94. The van der Waals surface area contributed by atoms with E-state index in [2.05, 4.69) is 26.0 Å². The lowest BCUT2D eigenvalue weighted by Crippen LogP contribution is -2.53. The van der Waals surface area contributed by atoms with Gasteiger partial charge in [-0.25, -0.2) is 13.9 Å². The molecule has 0 saturated carbocycles. The maximum atomic E-state index is 14.9. The van der Waals surface area contributed by atoms with E-state index in [1.807, 2.05) is 30.0 Å². The number of rotatable bonds is 3. The van der Waals surface area contributed by atoms with Crippen LogP contribution in [0.4, 0.5) is 14.9 Å². The van der Waals surface area contributed by atoms with Crippen molar-refractivity contribution in [1.82, 2.24) is 19.7 Å². The summed E-state index contributed by atoms with van der Waals surface area (Å²) in [5, 5.41) is 13.7. The van der Waals surface area contributed by atoms with Gasteiger partial charge in [-0.3, -0.25) is 4.98 Å². The molecule has 0 radical (unpaired) electrons. The Balaban J connectivity index is 1.58. The number of aromatic nitrogens is 3. The van der Waals surface area contributed by atoms with Crippen LogP contribution in [0.25, 0.3) is 16.9 Å². The molecule has 0 aliphatic carbocycles. The highest BCUT2D eigenvalue weighted by molar-refractivity contribution is 9.10. The predicted octanol–water partition coefficient (Wildman–Crippen LogP) is 4.02. The van der Waals surface area contributed by atoms with Crippen LogP contribution in [-0.2, 0) is 0 Å². The van der Waals surface area contributed by atoms with Gasteiger partial charge in [0.15, 0.2) is 5.82 Å². The minimum absolute atomic E-state index is 0.158. The Morgan fingerprint density at radius 2 is 2.00 bits per heavy atom. The van der Waals surface area contributed by atoms with Gasteiger partial charge in [0.05, 0.1) is 4.47 Å². The second-order valence-electron chi connectivity index (χ2n) is 6.91. The Morgan fingerprint density at radius 3 is 2.66 bits per heavy atom. The molecule has 1 amide bonds. The summed E-state index contributed by atoms with van der Waals surface area (Å²) < 4.78 is 17.2. The fraction of sp³-hybridized carbons (Fsp3) is 0.250. The molecule has 0 spiro atoms. The number of carbonyl (C=O) groups is 1. The molecule has 1 aromatic carbocycles. The van der Waals surface area contributed by atoms with Crippen LogP contribution in [0.1, 0.15) is 6.92 Å². The molecule has 1 N–H and O–H groups in total. The van der Waals surface area contributed by atoms with Gasteiger partial charge in [0.25, 0.3) is 0 Å². The molecule has 1 aliphatic rings. The van der Waals surface area contributed by atoms with Crippen molar-refractivity contribution in [1.29, 1.82) is 0 Å². The molecular weight excluding hydrogens is 441 g/mol. The summed E-state index contributed by atoms with van der Waals surface area (Å²) in [6.45, 7) is 3.29. The lowest BCUT2D eigenvalue weighted by molar-refractivity contribution is 0.122. The minimum Gasteiger partial charge on any atom is -0.465 e. The van der Waals surface area contributed by atoms with Crippen LogP contribution >= 0.6 is 15.9 Å². The summed E-state index contributed by atoms with van der Waals surface area (Å²) in [6.07, 6.45) is 4.16. The maximum Gasteiger partial charge on any atom is 0.407 e. The molecule has 3 heterocycles. The van der Waals surface area contributed by atoms with E-state index in [1.54, 1.807) is 24.7 Å². The van der Waals surface area contributed by atoms with E-state index >= 15 is 0 Å². The SMILES string of the molecule is CC1CN(c2ccc(-n3cc(Br)c(-c4ccncc4)n3)c(F)c2)CCN1C(=O)O. The predicted molar refractivity (Wildman–Crippen MR) is 111 cm³/mol. The van der Waals surface area contributed by atoms with Crippen molar-refractivity contribution in [3.63, 3.8) is 0 Å². The first kappa shape index (κ1) is 19.4. The first-order valence-corrected chi connectivity index (χ1v) is 9.93. The highest BCUT2D eigenvalue weighted by atomic mass is 79.9. The van der Waals surface area contributed by atoms with Crippen molar-refractivity contribution in [3.8, 4) is 16.9 Å². The standard InChI is InChI=1S/C20H19BrFN5O2/c1-13-11-25(8-9-26(13)20(28)29)15-2-3-18(17(22)10-15)27-12-16(21)19(24-27)14-4-6-23-7-5-14/h2-7,10,12-13H,8-9,11H2,1H3,(H,28,29). The molecule has 4 rings (SSSR count). The normalized spacial score (nSPS) is 16.9. The second-order valence-corrected chi connectivity index (χ2v) is 7.77. The third-order valence-corrected chi connectivity index (χ3v) is 5.62.